The van der Waals surface area contributed by atoms with Gasteiger partial charge in [0.25, 0.3) is 5.91 Å². The van der Waals surface area contributed by atoms with Crippen LogP contribution in [0.2, 0.25) is 0 Å². The van der Waals surface area contributed by atoms with Crippen molar-refractivity contribution in [3.63, 3.8) is 0 Å². The average molecular weight is 319 g/mol. The number of hydrogen-bond acceptors (Lipinski definition) is 8. The largest absolute Gasteiger partial charge is 0.297 e. The lowest BCUT2D eigenvalue weighted by molar-refractivity contribution is 0.103. The standard InChI is InChI=1S/C8H9N5O3S3/c1-3-5(18-13-12-3)6(14)11-8-10-4(2)7(17-8)19(9,15)16/h1-2H3,(H2,9,15,16)(H,10,11,14). The molecule has 19 heavy (non-hydrogen) atoms. The summed E-state index contributed by atoms with van der Waals surface area (Å²) in [5, 5.41) is 11.4. The first-order chi connectivity index (χ1) is 8.79. The highest BCUT2D eigenvalue weighted by atomic mass is 32.2. The Morgan fingerprint density at radius 1 is 1.32 bits per heavy atom. The Kier molecular flexibility index (Phi) is 3.62. The molecule has 0 saturated heterocycles. The number of aromatic nitrogens is 3. The molecule has 1 amide bonds. The van der Waals surface area contributed by atoms with Crippen LogP contribution in [0, 0.1) is 13.8 Å². The van der Waals surface area contributed by atoms with Crippen molar-refractivity contribution in [1.82, 2.24) is 14.6 Å². The second-order valence-corrected chi connectivity index (χ2v) is 7.09. The summed E-state index contributed by atoms with van der Waals surface area (Å²) in [5.74, 6) is -0.429. The normalized spacial score (nSPS) is 11.5. The second kappa shape index (κ2) is 4.92. The monoisotopic (exact) mass is 319 g/mol. The van der Waals surface area contributed by atoms with Gasteiger partial charge in [-0.1, -0.05) is 15.8 Å². The average Bonchev–Trinajstić information content (AvgIpc) is 2.83. The van der Waals surface area contributed by atoms with Gasteiger partial charge in [0, 0.05) is 0 Å². The van der Waals surface area contributed by atoms with Gasteiger partial charge in [-0.25, -0.2) is 18.5 Å². The van der Waals surface area contributed by atoms with Crippen LogP contribution < -0.4 is 10.5 Å². The molecule has 2 aromatic rings. The van der Waals surface area contributed by atoms with E-state index in [0.29, 0.717) is 10.6 Å². The SMILES string of the molecule is Cc1nnsc1C(=O)Nc1nc(C)c(S(N)(=O)=O)s1. The maximum absolute atomic E-state index is 11.9. The smallest absolute Gasteiger partial charge is 0.271 e. The highest BCUT2D eigenvalue weighted by Crippen LogP contribution is 2.26. The maximum atomic E-state index is 11.9. The molecule has 0 aliphatic rings. The highest BCUT2D eigenvalue weighted by molar-refractivity contribution is 7.91. The molecule has 0 saturated carbocycles. The number of carbonyl (C=O) groups excluding carboxylic acids is 1. The van der Waals surface area contributed by atoms with E-state index < -0.39 is 15.9 Å². The summed E-state index contributed by atoms with van der Waals surface area (Å²) in [4.78, 5) is 16.2. The zero-order valence-electron chi connectivity index (χ0n) is 9.87. The zero-order chi connectivity index (χ0) is 14.2. The molecule has 2 heterocycles. The number of primary sulfonamides is 1. The molecule has 0 spiro atoms. The van der Waals surface area contributed by atoms with E-state index in [9.17, 15) is 13.2 Å². The summed E-state index contributed by atoms with van der Waals surface area (Å²) in [6.45, 7) is 3.16. The summed E-state index contributed by atoms with van der Waals surface area (Å²) < 4.78 is 26.1. The van der Waals surface area contributed by atoms with Gasteiger partial charge in [0.1, 0.15) is 4.88 Å². The van der Waals surface area contributed by atoms with Gasteiger partial charge in [0.2, 0.25) is 10.0 Å². The molecule has 0 unspecified atom stereocenters. The Bertz CT molecular complexity index is 733. The van der Waals surface area contributed by atoms with E-state index in [1.165, 1.54) is 6.92 Å². The number of nitrogens with two attached hydrogens (primary N) is 1. The minimum Gasteiger partial charge on any atom is -0.297 e. The number of nitrogens with zero attached hydrogens (tertiary/aromatic N) is 3. The summed E-state index contributed by atoms with van der Waals surface area (Å²) in [7, 11) is -3.83. The Balaban J connectivity index is 2.26. The number of carbonyl (C=O) groups is 1. The lowest BCUT2D eigenvalue weighted by Gasteiger charge is -1.97. The van der Waals surface area contributed by atoms with Gasteiger partial charge in [0.15, 0.2) is 9.34 Å². The highest BCUT2D eigenvalue weighted by Gasteiger charge is 2.20. The van der Waals surface area contributed by atoms with E-state index >= 15 is 0 Å². The molecule has 2 rings (SSSR count). The summed E-state index contributed by atoms with van der Waals surface area (Å²) in [5.41, 5.74) is 0.754. The van der Waals surface area contributed by atoms with Crippen LogP contribution in [0.5, 0.6) is 0 Å². The van der Waals surface area contributed by atoms with E-state index in [0.717, 1.165) is 22.9 Å². The van der Waals surface area contributed by atoms with Gasteiger partial charge in [0.05, 0.1) is 11.4 Å². The minimum atomic E-state index is -3.83. The van der Waals surface area contributed by atoms with Crippen molar-refractivity contribution < 1.29 is 13.2 Å². The Hall–Kier alpha value is -1.43. The summed E-state index contributed by atoms with van der Waals surface area (Å²) in [6.07, 6.45) is 0. The van der Waals surface area contributed by atoms with Crippen molar-refractivity contribution in [2.45, 2.75) is 18.1 Å². The molecule has 0 aromatic carbocycles. The quantitative estimate of drug-likeness (QED) is 0.848. The topological polar surface area (TPSA) is 128 Å². The first kappa shape index (κ1) is 14.0. The van der Waals surface area contributed by atoms with Gasteiger partial charge >= 0.3 is 0 Å². The molecular weight excluding hydrogens is 310 g/mol. The molecule has 3 N–H and O–H groups in total. The number of anilines is 1. The van der Waals surface area contributed by atoms with E-state index in [1.807, 2.05) is 0 Å². The molecule has 0 aliphatic heterocycles. The van der Waals surface area contributed by atoms with E-state index in [1.54, 1.807) is 6.92 Å². The lowest BCUT2D eigenvalue weighted by atomic mass is 10.4. The molecule has 2 aromatic heterocycles. The fourth-order valence-electron chi connectivity index (χ4n) is 1.29. The van der Waals surface area contributed by atoms with Crippen LogP contribution in [0.25, 0.3) is 0 Å². The number of amides is 1. The minimum absolute atomic E-state index is 0.0676. The third kappa shape index (κ3) is 2.94. The van der Waals surface area contributed by atoms with Crippen LogP contribution in [-0.4, -0.2) is 28.9 Å². The first-order valence-electron chi connectivity index (χ1n) is 4.89. The van der Waals surface area contributed by atoms with E-state index in [4.69, 9.17) is 5.14 Å². The lowest BCUT2D eigenvalue weighted by Crippen LogP contribution is -2.11. The molecule has 0 aliphatic carbocycles. The van der Waals surface area contributed by atoms with E-state index in [2.05, 4.69) is 19.9 Å². The van der Waals surface area contributed by atoms with Crippen molar-refractivity contribution >= 4 is 43.9 Å². The number of sulfonamides is 1. The molecule has 0 atom stereocenters. The van der Waals surface area contributed by atoms with Crippen molar-refractivity contribution in [3.8, 4) is 0 Å². The molecule has 0 bridgehead atoms. The van der Waals surface area contributed by atoms with Crippen LogP contribution in [-0.2, 0) is 10.0 Å². The number of aryl methyl sites for hydroxylation is 2. The molecule has 8 nitrogen and oxygen atoms in total. The predicted octanol–water partition coefficient (Wildman–Crippen LogP) is 0.511. The second-order valence-electron chi connectivity index (χ2n) is 3.58. The molecule has 102 valence electrons. The summed E-state index contributed by atoms with van der Waals surface area (Å²) >= 11 is 1.76. The van der Waals surface area contributed by atoms with Crippen LogP contribution in [0.4, 0.5) is 5.13 Å². The Labute approximate surface area is 116 Å². The van der Waals surface area contributed by atoms with Crippen molar-refractivity contribution in [3.05, 3.63) is 16.3 Å². The van der Waals surface area contributed by atoms with E-state index in [-0.39, 0.29) is 15.0 Å². The molecule has 0 radical (unpaired) electrons. The molecule has 11 heteroatoms. The Morgan fingerprint density at radius 2 is 2.00 bits per heavy atom. The van der Waals surface area contributed by atoms with Gasteiger partial charge in [-0.3, -0.25) is 10.1 Å². The summed E-state index contributed by atoms with van der Waals surface area (Å²) in [6, 6.07) is 0. The fraction of sp³-hybridized carbons (Fsp3) is 0.250. The third-order valence-electron chi connectivity index (χ3n) is 2.09. The van der Waals surface area contributed by atoms with Crippen LogP contribution in [0.3, 0.4) is 0 Å². The van der Waals surface area contributed by atoms with Crippen molar-refractivity contribution in [1.29, 1.82) is 0 Å². The van der Waals surface area contributed by atoms with Crippen LogP contribution in [0.1, 0.15) is 21.1 Å². The van der Waals surface area contributed by atoms with Gasteiger partial charge in [-0.05, 0) is 25.4 Å². The first-order valence-corrected chi connectivity index (χ1v) is 8.03. The number of thiazole rings is 1. The zero-order valence-corrected chi connectivity index (χ0v) is 12.3. The molecule has 0 fully saturated rings. The van der Waals surface area contributed by atoms with Crippen LogP contribution in [0.15, 0.2) is 4.21 Å². The van der Waals surface area contributed by atoms with Gasteiger partial charge < -0.3 is 0 Å². The number of hydrogen-bond donors (Lipinski definition) is 2. The van der Waals surface area contributed by atoms with Crippen molar-refractivity contribution in [2.75, 3.05) is 5.32 Å². The van der Waals surface area contributed by atoms with Crippen LogP contribution >= 0.6 is 22.9 Å². The maximum Gasteiger partial charge on any atom is 0.271 e. The van der Waals surface area contributed by atoms with Gasteiger partial charge in [-0.15, -0.1) is 5.10 Å². The fourth-order valence-corrected chi connectivity index (χ4v) is 3.70. The van der Waals surface area contributed by atoms with Crippen molar-refractivity contribution in [2.24, 2.45) is 5.14 Å². The Morgan fingerprint density at radius 3 is 2.47 bits per heavy atom. The number of nitrogens with one attached hydrogen (secondary N) is 1. The predicted molar refractivity (Wildman–Crippen MR) is 70.8 cm³/mol. The molecular formula is C8H9N5O3S3. The van der Waals surface area contributed by atoms with Gasteiger partial charge in [-0.2, -0.15) is 0 Å². The number of rotatable bonds is 3. The third-order valence-corrected chi connectivity index (χ3v) is 5.54.